The number of aryl methyl sites for hydroxylation is 1. The van der Waals surface area contributed by atoms with E-state index in [0.717, 1.165) is 12.5 Å². The van der Waals surface area contributed by atoms with E-state index in [9.17, 15) is 13.2 Å². The van der Waals surface area contributed by atoms with Crippen LogP contribution in [0.5, 0.6) is 0 Å². The van der Waals surface area contributed by atoms with E-state index in [-0.39, 0.29) is 5.15 Å². The Hall–Kier alpha value is -1.56. The third-order valence-electron chi connectivity index (χ3n) is 2.19. The lowest BCUT2D eigenvalue weighted by Gasteiger charge is -2.06. The molecule has 0 aliphatic carbocycles. The molecule has 2 aromatic heterocycles. The lowest BCUT2D eigenvalue weighted by atomic mass is 10.2. The molecule has 2 heterocycles. The minimum Gasteiger partial charge on any atom is -0.305 e. The van der Waals surface area contributed by atoms with Gasteiger partial charge in [-0.1, -0.05) is 11.6 Å². The summed E-state index contributed by atoms with van der Waals surface area (Å²) in [6.45, 7) is 1.73. The largest absolute Gasteiger partial charge is 0.434 e. The second-order valence-corrected chi connectivity index (χ2v) is 3.84. The third-order valence-corrected chi connectivity index (χ3v) is 2.40. The molecule has 7 heteroatoms. The van der Waals surface area contributed by atoms with Crippen LogP contribution in [-0.2, 0) is 6.18 Å². The van der Waals surface area contributed by atoms with Crippen molar-refractivity contribution in [2.75, 3.05) is 0 Å². The molecule has 0 saturated heterocycles. The highest BCUT2D eigenvalue weighted by molar-refractivity contribution is 6.29. The summed E-state index contributed by atoms with van der Waals surface area (Å²) < 4.78 is 38.4. The van der Waals surface area contributed by atoms with E-state index in [2.05, 4.69) is 9.97 Å². The van der Waals surface area contributed by atoms with Gasteiger partial charge in [0.05, 0.1) is 12.0 Å². The predicted molar refractivity (Wildman–Crippen MR) is 56.1 cm³/mol. The van der Waals surface area contributed by atoms with E-state index in [1.54, 1.807) is 6.92 Å². The molecule has 0 amide bonds. The molecule has 0 radical (unpaired) electrons. The Labute approximate surface area is 99.9 Å². The van der Waals surface area contributed by atoms with Crippen molar-refractivity contribution in [2.45, 2.75) is 13.1 Å². The van der Waals surface area contributed by atoms with Crippen LogP contribution in [0, 0.1) is 6.92 Å². The van der Waals surface area contributed by atoms with Crippen LogP contribution in [0.25, 0.3) is 5.69 Å². The summed E-state index contributed by atoms with van der Waals surface area (Å²) in [6, 6.07) is 1.48. The van der Waals surface area contributed by atoms with Crippen LogP contribution in [0.1, 0.15) is 11.3 Å². The number of aromatic nitrogens is 3. The highest BCUT2D eigenvalue weighted by Crippen LogP contribution is 2.28. The van der Waals surface area contributed by atoms with Crippen molar-refractivity contribution in [3.63, 3.8) is 0 Å². The molecule has 0 N–H and O–H groups in total. The van der Waals surface area contributed by atoms with Gasteiger partial charge in [-0.25, -0.2) is 9.97 Å². The molecule has 0 fully saturated rings. The van der Waals surface area contributed by atoms with E-state index in [1.165, 1.54) is 16.8 Å². The third kappa shape index (κ3) is 2.41. The van der Waals surface area contributed by atoms with Crippen molar-refractivity contribution in [3.8, 4) is 5.69 Å². The van der Waals surface area contributed by atoms with Gasteiger partial charge >= 0.3 is 6.18 Å². The first-order valence-electron chi connectivity index (χ1n) is 4.61. The molecule has 0 aromatic carbocycles. The molecule has 17 heavy (non-hydrogen) atoms. The van der Waals surface area contributed by atoms with Gasteiger partial charge in [0.15, 0.2) is 5.69 Å². The fraction of sp³-hybridized carbons (Fsp3) is 0.200. The lowest BCUT2D eigenvalue weighted by Crippen LogP contribution is -2.05. The first-order chi connectivity index (χ1) is 7.88. The standard InChI is InChI=1S/C10H7ClF3N3/c1-6-3-15-9(11)2-7(6)17-4-8(16-5-17)10(12,13)14/h2-5H,1H3. The van der Waals surface area contributed by atoms with Crippen molar-refractivity contribution < 1.29 is 13.2 Å². The van der Waals surface area contributed by atoms with Crippen molar-refractivity contribution in [2.24, 2.45) is 0 Å². The number of pyridine rings is 1. The Bertz CT molecular complexity index is 548. The van der Waals surface area contributed by atoms with E-state index >= 15 is 0 Å². The molecule has 2 aromatic rings. The van der Waals surface area contributed by atoms with Gasteiger partial charge in [0, 0.05) is 12.4 Å². The van der Waals surface area contributed by atoms with Crippen LogP contribution in [0.2, 0.25) is 5.15 Å². The van der Waals surface area contributed by atoms with E-state index in [4.69, 9.17) is 11.6 Å². The monoisotopic (exact) mass is 261 g/mol. The smallest absolute Gasteiger partial charge is 0.305 e. The molecule has 3 nitrogen and oxygen atoms in total. The number of imidazole rings is 1. The molecule has 0 atom stereocenters. The second kappa shape index (κ2) is 4.03. The van der Waals surface area contributed by atoms with Crippen LogP contribution in [-0.4, -0.2) is 14.5 Å². The first kappa shape index (κ1) is 11.9. The normalized spacial score (nSPS) is 11.8. The van der Waals surface area contributed by atoms with Gasteiger partial charge in [0.2, 0.25) is 0 Å². The van der Waals surface area contributed by atoms with E-state index < -0.39 is 11.9 Å². The minimum atomic E-state index is -4.45. The summed E-state index contributed by atoms with van der Waals surface area (Å²) in [5.74, 6) is 0. The molecule has 0 saturated carbocycles. The summed E-state index contributed by atoms with van der Waals surface area (Å²) in [5, 5.41) is 0.216. The van der Waals surface area contributed by atoms with Gasteiger partial charge < -0.3 is 4.57 Å². The Morgan fingerprint density at radius 1 is 1.29 bits per heavy atom. The molecule has 2 rings (SSSR count). The number of hydrogen-bond acceptors (Lipinski definition) is 2. The molecule has 0 aliphatic rings. The minimum absolute atomic E-state index is 0.216. The molecular formula is C10H7ClF3N3. The van der Waals surface area contributed by atoms with Crippen LogP contribution < -0.4 is 0 Å². The fourth-order valence-electron chi connectivity index (χ4n) is 1.37. The summed E-state index contributed by atoms with van der Waals surface area (Å²) >= 11 is 5.70. The zero-order valence-corrected chi connectivity index (χ0v) is 9.42. The van der Waals surface area contributed by atoms with E-state index in [1.807, 2.05) is 0 Å². The maximum atomic E-state index is 12.4. The summed E-state index contributed by atoms with van der Waals surface area (Å²) in [7, 11) is 0. The van der Waals surface area contributed by atoms with Gasteiger partial charge in [0.1, 0.15) is 5.15 Å². The first-order valence-corrected chi connectivity index (χ1v) is 4.99. The Kier molecular flexibility index (Phi) is 2.82. The Balaban J connectivity index is 2.47. The number of nitrogens with zero attached hydrogens (tertiary/aromatic N) is 3. The van der Waals surface area contributed by atoms with Crippen molar-refractivity contribution in [1.29, 1.82) is 0 Å². The maximum absolute atomic E-state index is 12.4. The highest BCUT2D eigenvalue weighted by atomic mass is 35.5. The van der Waals surface area contributed by atoms with Crippen LogP contribution in [0.3, 0.4) is 0 Å². The Morgan fingerprint density at radius 3 is 2.59 bits per heavy atom. The molecule has 0 spiro atoms. The van der Waals surface area contributed by atoms with Crippen LogP contribution >= 0.6 is 11.6 Å². The van der Waals surface area contributed by atoms with Gasteiger partial charge in [0.25, 0.3) is 0 Å². The quantitative estimate of drug-likeness (QED) is 0.738. The highest BCUT2D eigenvalue weighted by Gasteiger charge is 2.33. The average molecular weight is 262 g/mol. The SMILES string of the molecule is Cc1cnc(Cl)cc1-n1cnc(C(F)(F)F)c1. The van der Waals surface area contributed by atoms with E-state index in [0.29, 0.717) is 11.3 Å². The maximum Gasteiger partial charge on any atom is 0.434 e. The number of rotatable bonds is 1. The number of halogens is 4. The molecule has 0 aliphatic heterocycles. The average Bonchev–Trinajstić information content (AvgIpc) is 2.70. The van der Waals surface area contributed by atoms with Crippen LogP contribution in [0.4, 0.5) is 13.2 Å². The molecule has 0 unspecified atom stereocenters. The zero-order chi connectivity index (χ0) is 12.6. The molecule has 90 valence electrons. The summed E-state index contributed by atoms with van der Waals surface area (Å²) in [5.41, 5.74) is 0.290. The topological polar surface area (TPSA) is 30.7 Å². The summed E-state index contributed by atoms with van der Waals surface area (Å²) in [4.78, 5) is 7.14. The predicted octanol–water partition coefficient (Wildman–Crippen LogP) is 3.25. The fourth-order valence-corrected chi connectivity index (χ4v) is 1.52. The van der Waals surface area contributed by atoms with Crippen LogP contribution in [0.15, 0.2) is 24.8 Å². The second-order valence-electron chi connectivity index (χ2n) is 3.46. The van der Waals surface area contributed by atoms with Gasteiger partial charge in [-0.2, -0.15) is 13.2 Å². The number of hydrogen-bond donors (Lipinski definition) is 0. The van der Waals surface area contributed by atoms with Gasteiger partial charge in [-0.3, -0.25) is 0 Å². The van der Waals surface area contributed by atoms with Gasteiger partial charge in [-0.05, 0) is 18.6 Å². The van der Waals surface area contributed by atoms with Crippen molar-refractivity contribution >= 4 is 11.6 Å². The lowest BCUT2D eigenvalue weighted by molar-refractivity contribution is -0.140. The van der Waals surface area contributed by atoms with Crippen molar-refractivity contribution in [3.05, 3.63) is 41.2 Å². The Morgan fingerprint density at radius 2 is 2.00 bits per heavy atom. The van der Waals surface area contributed by atoms with Crippen molar-refractivity contribution in [1.82, 2.24) is 14.5 Å². The summed E-state index contributed by atoms with van der Waals surface area (Å²) in [6.07, 6.45) is -0.943. The molecular weight excluding hydrogens is 255 g/mol. The van der Waals surface area contributed by atoms with Gasteiger partial charge in [-0.15, -0.1) is 0 Å². The zero-order valence-electron chi connectivity index (χ0n) is 8.66. The molecule has 0 bridgehead atoms. The number of alkyl halides is 3.